The summed E-state index contributed by atoms with van der Waals surface area (Å²) in [5.74, 6) is 0.544. The molecule has 0 bridgehead atoms. The minimum Gasteiger partial charge on any atom is -0.451 e. The molecule has 0 saturated carbocycles. The monoisotopic (exact) mass is 474 g/mol. The highest BCUT2D eigenvalue weighted by atomic mass is 32.2. The van der Waals surface area contributed by atoms with E-state index in [0.717, 1.165) is 41.1 Å². The fourth-order valence-electron chi connectivity index (χ4n) is 4.58. The van der Waals surface area contributed by atoms with Gasteiger partial charge in [-0.1, -0.05) is 18.6 Å². The van der Waals surface area contributed by atoms with E-state index in [-0.39, 0.29) is 11.9 Å². The first-order valence-corrected chi connectivity index (χ1v) is 12.3. The van der Waals surface area contributed by atoms with Gasteiger partial charge in [-0.15, -0.1) is 10.2 Å². The average Bonchev–Trinajstić information content (AvgIpc) is 3.47. The maximum absolute atomic E-state index is 13.7. The van der Waals surface area contributed by atoms with Gasteiger partial charge >= 0.3 is 0 Å². The molecular weight excluding hydrogens is 451 g/mol. The van der Waals surface area contributed by atoms with Crippen LogP contribution >= 0.6 is 11.8 Å². The van der Waals surface area contributed by atoms with Gasteiger partial charge < -0.3 is 4.42 Å². The van der Waals surface area contributed by atoms with Crippen LogP contribution in [0, 0.1) is 5.82 Å². The number of halogens is 1. The van der Waals surface area contributed by atoms with Gasteiger partial charge in [0.15, 0.2) is 16.4 Å². The van der Waals surface area contributed by atoms with E-state index < -0.39 is 0 Å². The summed E-state index contributed by atoms with van der Waals surface area (Å²) in [7, 11) is 0. The van der Waals surface area contributed by atoms with Crippen LogP contribution in [0.3, 0.4) is 0 Å². The zero-order valence-corrected chi connectivity index (χ0v) is 19.5. The number of furan rings is 1. The molecule has 1 unspecified atom stereocenters. The Kier molecular flexibility index (Phi) is 5.50. The normalized spacial score (nSPS) is 15.8. The quantitative estimate of drug-likeness (QED) is 0.298. The number of rotatable bonds is 5. The summed E-state index contributed by atoms with van der Waals surface area (Å²) >= 11 is 1.38. The molecule has 3 aromatic heterocycles. The van der Waals surface area contributed by atoms with Crippen LogP contribution in [0.2, 0.25) is 0 Å². The van der Waals surface area contributed by atoms with Gasteiger partial charge in [0.2, 0.25) is 5.16 Å². The first kappa shape index (κ1) is 21.2. The zero-order chi connectivity index (χ0) is 23.1. The van der Waals surface area contributed by atoms with Crippen LogP contribution in [-0.2, 0) is 0 Å². The lowest BCUT2D eigenvalue weighted by molar-refractivity contribution is 0.167. The molecule has 34 heavy (non-hydrogen) atoms. The highest BCUT2D eigenvalue weighted by molar-refractivity contribution is 7.99. The highest BCUT2D eigenvalue weighted by Crippen LogP contribution is 2.37. The van der Waals surface area contributed by atoms with Crippen molar-refractivity contribution in [2.45, 2.75) is 42.4 Å². The van der Waals surface area contributed by atoms with Gasteiger partial charge in [0.25, 0.3) is 0 Å². The van der Waals surface area contributed by atoms with E-state index >= 15 is 0 Å². The molecule has 0 N–H and O–H groups in total. The van der Waals surface area contributed by atoms with E-state index in [1.165, 1.54) is 43.2 Å². The second-order valence-electron chi connectivity index (χ2n) is 8.48. The summed E-state index contributed by atoms with van der Waals surface area (Å²) in [5, 5.41) is 11.4. The smallest absolute Gasteiger partial charge is 0.202 e. The van der Waals surface area contributed by atoms with Crippen LogP contribution in [0.4, 0.5) is 4.39 Å². The van der Waals surface area contributed by atoms with E-state index in [0.29, 0.717) is 15.8 Å². The Labute approximate surface area is 200 Å². The molecule has 1 atom stereocenters. The predicted octanol–water partition coefficient (Wildman–Crippen LogP) is 5.79. The average molecular weight is 475 g/mol. The van der Waals surface area contributed by atoms with Gasteiger partial charge in [-0.25, -0.2) is 14.4 Å². The Balaban J connectivity index is 1.45. The third kappa shape index (κ3) is 3.74. The van der Waals surface area contributed by atoms with Crippen LogP contribution in [-0.4, -0.2) is 42.7 Å². The van der Waals surface area contributed by atoms with Crippen LogP contribution in [0.15, 0.2) is 69.5 Å². The molecule has 1 aliphatic rings. The third-order valence-electron chi connectivity index (χ3n) is 6.37. The first-order valence-electron chi connectivity index (χ1n) is 11.4. The number of piperidine rings is 1. The van der Waals surface area contributed by atoms with Gasteiger partial charge in [-0.05, 0) is 81.0 Å². The molecule has 5 aromatic rings. The van der Waals surface area contributed by atoms with Crippen LogP contribution < -0.4 is 0 Å². The molecule has 0 amide bonds. The van der Waals surface area contributed by atoms with Crippen molar-refractivity contribution in [3.05, 3.63) is 66.5 Å². The number of para-hydroxylation sites is 1. The van der Waals surface area contributed by atoms with E-state index in [1.54, 1.807) is 18.5 Å². The van der Waals surface area contributed by atoms with Gasteiger partial charge in [-0.2, -0.15) is 0 Å². The number of benzene rings is 2. The summed E-state index contributed by atoms with van der Waals surface area (Å²) in [6.45, 7) is 4.23. The molecule has 0 spiro atoms. The number of nitrogens with zero attached hydrogens (tertiary/aromatic N) is 6. The van der Waals surface area contributed by atoms with Crippen molar-refractivity contribution < 1.29 is 8.81 Å². The van der Waals surface area contributed by atoms with Crippen molar-refractivity contribution in [3.8, 4) is 5.69 Å². The Morgan fingerprint density at radius 1 is 0.971 bits per heavy atom. The molecule has 2 aromatic carbocycles. The summed E-state index contributed by atoms with van der Waals surface area (Å²) in [6, 6.07) is 14.3. The molecule has 7 nitrogen and oxygen atoms in total. The Morgan fingerprint density at radius 3 is 2.59 bits per heavy atom. The van der Waals surface area contributed by atoms with Gasteiger partial charge in [0, 0.05) is 11.1 Å². The molecular formula is C25H23FN6OS. The molecule has 172 valence electrons. The summed E-state index contributed by atoms with van der Waals surface area (Å²) < 4.78 is 21.8. The molecule has 1 saturated heterocycles. The van der Waals surface area contributed by atoms with Gasteiger partial charge in [-0.3, -0.25) is 9.47 Å². The summed E-state index contributed by atoms with van der Waals surface area (Å²) in [4.78, 5) is 11.4. The lowest BCUT2D eigenvalue weighted by atomic mass is 10.1. The third-order valence-corrected chi connectivity index (χ3v) is 7.30. The standard InChI is InChI=1S/C25H23FN6OS/c1-16(31-13-5-2-6-14-31)23-29-30-25(32(23)18-11-9-17(26)10-12-18)34-24-22-21(27-15-28-24)19-7-3-4-8-20(19)33-22/h3-4,7-12,15-16H,2,5-6,13-14H2,1H3. The Bertz CT molecular complexity index is 1460. The SMILES string of the molecule is CC(c1nnc(Sc2ncnc3c2oc2ccccc23)n1-c1ccc(F)cc1)N1CCCCC1. The number of hydrogen-bond acceptors (Lipinski definition) is 7. The van der Waals surface area contributed by atoms with Crippen LogP contribution in [0.1, 0.15) is 38.1 Å². The van der Waals surface area contributed by atoms with Crippen molar-refractivity contribution in [3.63, 3.8) is 0 Å². The Morgan fingerprint density at radius 2 is 1.76 bits per heavy atom. The number of fused-ring (bicyclic) bond motifs is 3. The molecule has 4 heterocycles. The van der Waals surface area contributed by atoms with E-state index in [9.17, 15) is 4.39 Å². The minimum absolute atomic E-state index is 0.0730. The van der Waals surface area contributed by atoms with Crippen molar-refractivity contribution in [1.82, 2.24) is 29.6 Å². The van der Waals surface area contributed by atoms with Crippen molar-refractivity contribution in [2.24, 2.45) is 0 Å². The van der Waals surface area contributed by atoms with E-state index in [4.69, 9.17) is 4.42 Å². The van der Waals surface area contributed by atoms with Crippen molar-refractivity contribution in [2.75, 3.05) is 13.1 Å². The minimum atomic E-state index is -0.281. The Hall–Kier alpha value is -3.30. The molecule has 9 heteroatoms. The fraction of sp³-hybridized carbons (Fsp3) is 0.280. The lowest BCUT2D eigenvalue weighted by Gasteiger charge is -2.31. The number of aromatic nitrogens is 5. The molecule has 1 fully saturated rings. The maximum Gasteiger partial charge on any atom is 0.202 e. The fourth-order valence-corrected chi connectivity index (χ4v) is 5.46. The maximum atomic E-state index is 13.7. The van der Waals surface area contributed by atoms with Crippen LogP contribution in [0.25, 0.3) is 27.8 Å². The second kappa shape index (κ2) is 8.81. The van der Waals surface area contributed by atoms with E-state index in [2.05, 4.69) is 32.0 Å². The topological polar surface area (TPSA) is 72.9 Å². The zero-order valence-electron chi connectivity index (χ0n) is 18.7. The lowest BCUT2D eigenvalue weighted by Crippen LogP contribution is -2.33. The van der Waals surface area contributed by atoms with Crippen molar-refractivity contribution in [1.29, 1.82) is 0 Å². The molecule has 0 radical (unpaired) electrons. The second-order valence-corrected chi connectivity index (χ2v) is 9.44. The first-order chi connectivity index (χ1) is 16.7. The van der Waals surface area contributed by atoms with Crippen LogP contribution in [0.5, 0.6) is 0 Å². The van der Waals surface area contributed by atoms with Gasteiger partial charge in [0.1, 0.15) is 23.2 Å². The number of hydrogen-bond donors (Lipinski definition) is 0. The van der Waals surface area contributed by atoms with E-state index in [1.807, 2.05) is 28.8 Å². The predicted molar refractivity (Wildman–Crippen MR) is 129 cm³/mol. The highest BCUT2D eigenvalue weighted by Gasteiger charge is 2.26. The number of likely N-dealkylation sites (tertiary alicyclic amines) is 1. The van der Waals surface area contributed by atoms with Gasteiger partial charge in [0.05, 0.1) is 6.04 Å². The van der Waals surface area contributed by atoms with Crippen molar-refractivity contribution >= 4 is 33.8 Å². The summed E-state index contributed by atoms with van der Waals surface area (Å²) in [5.41, 5.74) is 2.96. The molecule has 6 rings (SSSR count). The molecule has 1 aliphatic heterocycles. The largest absolute Gasteiger partial charge is 0.451 e. The summed E-state index contributed by atoms with van der Waals surface area (Å²) in [6.07, 6.45) is 5.17. The molecule has 0 aliphatic carbocycles.